The monoisotopic (exact) mass is 567 g/mol. The lowest BCUT2D eigenvalue weighted by atomic mass is 10.1. The van der Waals surface area contributed by atoms with Crippen LogP contribution in [0.15, 0.2) is 146 Å². The molecule has 1 unspecified atom stereocenters. The Labute approximate surface area is 246 Å². The lowest BCUT2D eigenvalue weighted by molar-refractivity contribution is -0.665. The largest absolute Gasteiger partial charge is 0.315 e. The molecule has 1 aromatic heterocycles. The second-order valence-corrected chi connectivity index (χ2v) is 14.3. The first-order valence-corrected chi connectivity index (χ1v) is 16.5. The van der Waals surface area contributed by atoms with E-state index in [2.05, 4.69) is 120 Å². The number of carbonyl (C=O) groups excluding carboxylic acids is 1. The third-order valence-electron chi connectivity index (χ3n) is 7.42. The van der Waals surface area contributed by atoms with E-state index in [9.17, 15) is 4.79 Å². The number of rotatable bonds is 7. The van der Waals surface area contributed by atoms with Crippen LogP contribution in [0.4, 0.5) is 0 Å². The summed E-state index contributed by atoms with van der Waals surface area (Å²) < 4.78 is 3.45. The zero-order valence-electron chi connectivity index (χ0n) is 22.9. The zero-order chi connectivity index (χ0) is 28.1. The highest BCUT2D eigenvalue weighted by Crippen LogP contribution is 2.60. The van der Waals surface area contributed by atoms with Gasteiger partial charge in [-0.2, -0.15) is 4.57 Å². The van der Waals surface area contributed by atoms with E-state index in [-0.39, 0.29) is 5.78 Å². The van der Waals surface area contributed by atoms with Crippen LogP contribution in [0, 0.1) is 11.8 Å². The van der Waals surface area contributed by atoms with Crippen LogP contribution in [0.2, 0.25) is 0 Å². The Bertz CT molecular complexity index is 1740. The van der Waals surface area contributed by atoms with Crippen LogP contribution in [0.25, 0.3) is 10.2 Å². The summed E-state index contributed by atoms with van der Waals surface area (Å²) in [5, 5.41) is 4.38. The molecule has 0 saturated heterocycles. The second-order valence-electron chi connectivity index (χ2n) is 9.75. The Morgan fingerprint density at radius 3 is 1.66 bits per heavy atom. The summed E-state index contributed by atoms with van der Waals surface area (Å²) >= 11 is 1.69. The molecule has 1 atom stereocenters. The normalized spacial score (nSPS) is 11.9. The molecule has 0 spiro atoms. The number of Topliss-reactive ketones (excluding diaryl/α,β-unsaturated/α-hetero) is 1. The molecule has 0 radical (unpaired) electrons. The fraction of sp³-hybridized carbons (Fsp3) is 0.0811. The number of thiazole rings is 1. The highest BCUT2D eigenvalue weighted by Gasteiger charge is 2.55. The molecule has 5 aromatic carbocycles. The van der Waals surface area contributed by atoms with Crippen molar-refractivity contribution in [2.75, 3.05) is 0 Å². The molecule has 1 heterocycles. The molecule has 0 saturated carbocycles. The van der Waals surface area contributed by atoms with Gasteiger partial charge >= 0.3 is 5.01 Å². The Kier molecular flexibility index (Phi) is 7.88. The van der Waals surface area contributed by atoms with Gasteiger partial charge < -0.3 is 0 Å². The maximum Gasteiger partial charge on any atom is 0.315 e. The standard InChI is InChI=1S/C37H30NOPS/c1-2-38-33-25-15-16-26-35(33)41-36(38)28-27-34(37(39)29-17-7-3-8-18-29)40(30-19-9-4-10-20-30,31-21-11-5-12-22-31)32-23-13-6-14-24-32/h3-26,34H,2H2,1H3/q+2. The first kappa shape index (κ1) is 26.9. The number of carbonyl (C=O) groups is 1. The summed E-state index contributed by atoms with van der Waals surface area (Å²) in [4.78, 5) is 14.8. The van der Waals surface area contributed by atoms with E-state index in [1.165, 1.54) is 10.2 Å². The Morgan fingerprint density at radius 2 is 1.15 bits per heavy atom. The third kappa shape index (κ3) is 5.02. The van der Waals surface area contributed by atoms with Crippen molar-refractivity contribution in [1.82, 2.24) is 0 Å². The average molecular weight is 568 g/mol. The van der Waals surface area contributed by atoms with Crippen molar-refractivity contribution in [2.45, 2.75) is 19.1 Å². The SMILES string of the molecule is CC[n+]1c(C#CC(C(=O)c2ccccc2)[P+](c2ccccc2)(c2ccccc2)c2ccccc2)sc2ccccc21. The third-order valence-corrected chi connectivity index (χ3v) is 13.0. The molecule has 0 aliphatic carbocycles. The van der Waals surface area contributed by atoms with Crippen molar-refractivity contribution in [3.05, 3.63) is 156 Å². The van der Waals surface area contributed by atoms with Crippen molar-refractivity contribution in [3.63, 3.8) is 0 Å². The molecule has 0 amide bonds. The van der Waals surface area contributed by atoms with Gasteiger partial charge in [0.05, 0.1) is 0 Å². The molecule has 6 aromatic rings. The smallest absolute Gasteiger partial charge is 0.288 e. The minimum atomic E-state index is -2.61. The predicted molar refractivity (Wildman–Crippen MR) is 174 cm³/mol. The van der Waals surface area contributed by atoms with Gasteiger partial charge in [-0.1, -0.05) is 108 Å². The maximum atomic E-state index is 14.8. The summed E-state index contributed by atoms with van der Waals surface area (Å²) in [5.41, 5.74) is 1.26. The van der Waals surface area contributed by atoms with Gasteiger partial charge in [0, 0.05) is 17.6 Å². The molecule has 198 valence electrons. The highest BCUT2D eigenvalue weighted by atomic mass is 32.1. The van der Waals surface area contributed by atoms with Crippen LogP contribution >= 0.6 is 18.6 Å². The van der Waals surface area contributed by atoms with Crippen molar-refractivity contribution < 1.29 is 9.36 Å². The molecule has 6 rings (SSSR count). The first-order chi connectivity index (χ1) is 20.2. The fourth-order valence-electron chi connectivity index (χ4n) is 5.55. The molecule has 0 fully saturated rings. The van der Waals surface area contributed by atoms with Crippen molar-refractivity contribution in [3.8, 4) is 11.8 Å². The van der Waals surface area contributed by atoms with Crippen molar-refractivity contribution >= 4 is 50.5 Å². The number of aryl methyl sites for hydroxylation is 1. The van der Waals surface area contributed by atoms with Gasteiger partial charge in [0.15, 0.2) is 0 Å². The van der Waals surface area contributed by atoms with E-state index in [0.717, 1.165) is 27.5 Å². The number of nitrogens with zero attached hydrogens (tertiary/aromatic N) is 1. The van der Waals surface area contributed by atoms with Gasteiger partial charge in [-0.25, -0.2) is 0 Å². The summed E-state index contributed by atoms with van der Waals surface area (Å²) in [6.45, 7) is 2.95. The minimum Gasteiger partial charge on any atom is -0.288 e. The molecule has 4 heteroatoms. The number of para-hydroxylation sites is 1. The number of hydrogen-bond donors (Lipinski definition) is 0. The lowest BCUT2D eigenvalue weighted by Crippen LogP contribution is -2.42. The molecular formula is C37H30NOPS+2. The van der Waals surface area contributed by atoms with Crippen LogP contribution in [0.1, 0.15) is 22.3 Å². The first-order valence-electron chi connectivity index (χ1n) is 13.8. The maximum absolute atomic E-state index is 14.8. The predicted octanol–water partition coefficient (Wildman–Crippen LogP) is 6.81. The molecule has 41 heavy (non-hydrogen) atoms. The van der Waals surface area contributed by atoms with Gasteiger partial charge in [0.2, 0.25) is 17.0 Å². The summed E-state index contributed by atoms with van der Waals surface area (Å²) in [5.74, 6) is 7.25. The van der Waals surface area contributed by atoms with Crippen LogP contribution < -0.4 is 20.5 Å². The van der Waals surface area contributed by atoms with Gasteiger partial charge in [-0.15, -0.1) is 0 Å². The fourth-order valence-corrected chi connectivity index (χ4v) is 11.1. The number of aromatic nitrogens is 1. The van der Waals surface area contributed by atoms with Crippen LogP contribution in [0.3, 0.4) is 0 Å². The van der Waals surface area contributed by atoms with E-state index in [4.69, 9.17) is 0 Å². The number of benzene rings is 5. The van der Waals surface area contributed by atoms with Crippen molar-refractivity contribution in [1.29, 1.82) is 0 Å². The number of hydrogen-bond acceptors (Lipinski definition) is 2. The molecule has 0 aliphatic rings. The summed E-state index contributed by atoms with van der Waals surface area (Å²) in [6, 6.07) is 49.6. The van der Waals surface area contributed by atoms with E-state index in [1.54, 1.807) is 11.3 Å². The topological polar surface area (TPSA) is 20.9 Å². The molecule has 0 N–H and O–H groups in total. The Balaban J connectivity index is 1.69. The quantitative estimate of drug-likeness (QED) is 0.0899. The molecule has 0 aliphatic heterocycles. The van der Waals surface area contributed by atoms with Crippen molar-refractivity contribution in [2.24, 2.45) is 0 Å². The van der Waals surface area contributed by atoms with E-state index < -0.39 is 12.9 Å². The van der Waals surface area contributed by atoms with Crippen LogP contribution in [0.5, 0.6) is 0 Å². The summed E-state index contributed by atoms with van der Waals surface area (Å²) in [6.07, 6.45) is 0. The lowest BCUT2D eigenvalue weighted by Gasteiger charge is -2.31. The Hall–Kier alpha value is -4.35. The molecular weight excluding hydrogens is 537 g/mol. The Morgan fingerprint density at radius 1 is 0.683 bits per heavy atom. The van der Waals surface area contributed by atoms with Gasteiger partial charge in [0.1, 0.15) is 34.4 Å². The van der Waals surface area contributed by atoms with E-state index in [1.807, 2.05) is 48.5 Å². The highest BCUT2D eigenvalue weighted by molar-refractivity contribution is 7.97. The van der Waals surface area contributed by atoms with Crippen LogP contribution in [-0.2, 0) is 6.54 Å². The van der Waals surface area contributed by atoms with Gasteiger partial charge in [-0.3, -0.25) is 4.79 Å². The zero-order valence-corrected chi connectivity index (χ0v) is 24.6. The number of ketones is 1. The molecule has 2 nitrogen and oxygen atoms in total. The van der Waals surface area contributed by atoms with Gasteiger partial charge in [0.25, 0.3) is 0 Å². The minimum absolute atomic E-state index is 0.0483. The molecule has 0 bridgehead atoms. The van der Waals surface area contributed by atoms with E-state index in [0.29, 0.717) is 5.56 Å². The second kappa shape index (κ2) is 12.0. The summed E-state index contributed by atoms with van der Waals surface area (Å²) in [7, 11) is -2.61. The average Bonchev–Trinajstić information content (AvgIpc) is 3.42. The number of fused-ring (bicyclic) bond motifs is 1. The van der Waals surface area contributed by atoms with E-state index >= 15 is 0 Å². The van der Waals surface area contributed by atoms with Gasteiger partial charge in [-0.05, 0) is 55.3 Å². The van der Waals surface area contributed by atoms with Crippen LogP contribution in [-0.4, -0.2) is 11.4 Å².